The van der Waals surface area contributed by atoms with E-state index in [1.807, 2.05) is 0 Å². The van der Waals surface area contributed by atoms with Crippen molar-refractivity contribution in [2.45, 2.75) is 6.92 Å². The highest BCUT2D eigenvalue weighted by Crippen LogP contribution is 2.33. The molecular weight excluding hydrogens is 276 g/mol. The summed E-state index contributed by atoms with van der Waals surface area (Å²) in [5, 5.41) is 10.6. The van der Waals surface area contributed by atoms with Crippen LogP contribution in [-0.2, 0) is 0 Å². The quantitative estimate of drug-likeness (QED) is 0.282. The number of benzene rings is 5. The standard InChI is InChI=1S/C23H16/c1-15-22-13-18-8-4-2-6-16(18)10-20(22)12-21-11-17-7-3-5-9-19(17)14-23(15)21/h2-14H,1H3. The molecule has 0 unspecified atom stereocenters. The number of rotatable bonds is 0. The van der Waals surface area contributed by atoms with E-state index in [9.17, 15) is 0 Å². The van der Waals surface area contributed by atoms with Gasteiger partial charge >= 0.3 is 0 Å². The molecule has 23 heavy (non-hydrogen) atoms. The number of aryl methyl sites for hydroxylation is 1. The van der Waals surface area contributed by atoms with E-state index in [0.717, 1.165) is 0 Å². The molecule has 5 aromatic carbocycles. The molecule has 0 aliphatic carbocycles. The largest absolute Gasteiger partial charge is 0.0616 e. The molecule has 0 fully saturated rings. The van der Waals surface area contributed by atoms with Gasteiger partial charge in [-0.1, -0.05) is 48.5 Å². The molecule has 0 bridgehead atoms. The normalized spacial score (nSPS) is 11.7. The molecule has 0 heteroatoms. The predicted molar refractivity (Wildman–Crippen MR) is 101 cm³/mol. The molecule has 5 aromatic rings. The van der Waals surface area contributed by atoms with E-state index < -0.39 is 0 Å². The van der Waals surface area contributed by atoms with Gasteiger partial charge in [0.15, 0.2) is 0 Å². The van der Waals surface area contributed by atoms with Crippen LogP contribution >= 0.6 is 0 Å². The van der Waals surface area contributed by atoms with Gasteiger partial charge in [-0.05, 0) is 85.9 Å². The molecule has 0 aliphatic heterocycles. The molecule has 0 aromatic heterocycles. The van der Waals surface area contributed by atoms with Crippen LogP contribution in [-0.4, -0.2) is 0 Å². The van der Waals surface area contributed by atoms with Gasteiger partial charge in [0.1, 0.15) is 0 Å². The van der Waals surface area contributed by atoms with Crippen molar-refractivity contribution in [3.05, 3.63) is 84.4 Å². The zero-order valence-electron chi connectivity index (χ0n) is 13.0. The average molecular weight is 292 g/mol. The maximum absolute atomic E-state index is 2.33. The summed E-state index contributed by atoms with van der Waals surface area (Å²) < 4.78 is 0. The molecule has 0 atom stereocenters. The van der Waals surface area contributed by atoms with Crippen molar-refractivity contribution >= 4 is 43.1 Å². The van der Waals surface area contributed by atoms with Crippen LogP contribution in [0.2, 0.25) is 0 Å². The molecule has 0 aliphatic rings. The first-order valence-corrected chi connectivity index (χ1v) is 8.04. The molecule has 0 heterocycles. The first-order chi connectivity index (χ1) is 11.3. The van der Waals surface area contributed by atoms with E-state index in [-0.39, 0.29) is 0 Å². The molecule has 0 saturated heterocycles. The third-order valence-corrected chi connectivity index (χ3v) is 4.95. The van der Waals surface area contributed by atoms with Gasteiger partial charge in [-0.25, -0.2) is 0 Å². The Bertz CT molecular complexity index is 1120. The zero-order valence-corrected chi connectivity index (χ0v) is 13.0. The van der Waals surface area contributed by atoms with Gasteiger partial charge in [-0.2, -0.15) is 0 Å². The van der Waals surface area contributed by atoms with Gasteiger partial charge in [-0.3, -0.25) is 0 Å². The van der Waals surface area contributed by atoms with Crippen molar-refractivity contribution < 1.29 is 0 Å². The second kappa shape index (κ2) is 4.57. The molecular formula is C23H16. The number of hydrogen-bond acceptors (Lipinski definition) is 0. The maximum Gasteiger partial charge on any atom is -0.0142 e. The fraction of sp³-hybridized carbons (Fsp3) is 0.0435. The summed E-state index contributed by atoms with van der Waals surface area (Å²) in [7, 11) is 0. The lowest BCUT2D eigenvalue weighted by Crippen LogP contribution is -1.85. The van der Waals surface area contributed by atoms with Gasteiger partial charge < -0.3 is 0 Å². The Morgan fingerprint density at radius 3 is 1.22 bits per heavy atom. The van der Waals surface area contributed by atoms with Gasteiger partial charge in [0.2, 0.25) is 0 Å². The fourth-order valence-electron chi connectivity index (χ4n) is 3.72. The van der Waals surface area contributed by atoms with Crippen LogP contribution in [0.5, 0.6) is 0 Å². The van der Waals surface area contributed by atoms with Crippen LogP contribution in [0.3, 0.4) is 0 Å². The lowest BCUT2D eigenvalue weighted by atomic mass is 9.93. The molecule has 0 N–H and O–H groups in total. The number of hydrogen-bond donors (Lipinski definition) is 0. The summed E-state index contributed by atoms with van der Waals surface area (Å²) in [4.78, 5) is 0. The molecule has 0 spiro atoms. The molecule has 108 valence electrons. The topological polar surface area (TPSA) is 0 Å². The van der Waals surface area contributed by atoms with E-state index in [1.165, 1.54) is 48.7 Å². The van der Waals surface area contributed by atoms with Crippen LogP contribution in [0.1, 0.15) is 5.56 Å². The first kappa shape index (κ1) is 12.7. The van der Waals surface area contributed by atoms with Gasteiger partial charge in [-0.15, -0.1) is 0 Å². The number of fused-ring (bicyclic) bond motifs is 4. The van der Waals surface area contributed by atoms with Crippen molar-refractivity contribution in [2.24, 2.45) is 0 Å². The smallest absolute Gasteiger partial charge is 0.0142 e. The second-order valence-electron chi connectivity index (χ2n) is 6.34. The summed E-state index contributed by atoms with van der Waals surface area (Å²) in [6.07, 6.45) is 0. The summed E-state index contributed by atoms with van der Waals surface area (Å²) in [5.41, 5.74) is 1.37. The van der Waals surface area contributed by atoms with E-state index >= 15 is 0 Å². The second-order valence-corrected chi connectivity index (χ2v) is 6.34. The van der Waals surface area contributed by atoms with E-state index in [4.69, 9.17) is 0 Å². The zero-order chi connectivity index (χ0) is 15.4. The maximum atomic E-state index is 2.33. The molecule has 0 radical (unpaired) electrons. The third-order valence-electron chi connectivity index (χ3n) is 4.95. The average Bonchev–Trinajstić information content (AvgIpc) is 2.59. The SMILES string of the molecule is Cc1c2cc3ccccc3cc2cc2cc3ccccc3cc12. The minimum absolute atomic E-state index is 1.31. The van der Waals surface area contributed by atoms with Crippen LogP contribution in [0.15, 0.2) is 78.9 Å². The fourth-order valence-corrected chi connectivity index (χ4v) is 3.72. The molecule has 0 saturated carbocycles. The van der Waals surface area contributed by atoms with E-state index in [2.05, 4.69) is 85.8 Å². The van der Waals surface area contributed by atoms with E-state index in [1.54, 1.807) is 0 Å². The van der Waals surface area contributed by atoms with Crippen molar-refractivity contribution in [3.8, 4) is 0 Å². The molecule has 5 rings (SSSR count). The Morgan fingerprint density at radius 1 is 0.435 bits per heavy atom. The summed E-state index contributed by atoms with van der Waals surface area (Å²) >= 11 is 0. The summed E-state index contributed by atoms with van der Waals surface area (Å²) in [5.74, 6) is 0. The summed E-state index contributed by atoms with van der Waals surface area (Å²) in [6.45, 7) is 2.24. The highest BCUT2D eigenvalue weighted by atomic mass is 14.1. The Kier molecular flexibility index (Phi) is 2.51. The molecule has 0 amide bonds. The Balaban J connectivity index is 1.99. The summed E-state index contributed by atoms with van der Waals surface area (Å²) in [6, 6.07) is 28.8. The predicted octanol–water partition coefficient (Wildman–Crippen LogP) is 6.61. The van der Waals surface area contributed by atoms with Crippen molar-refractivity contribution in [1.29, 1.82) is 0 Å². The lowest BCUT2D eigenvalue weighted by molar-refractivity contribution is 1.60. The monoisotopic (exact) mass is 292 g/mol. The van der Waals surface area contributed by atoms with Crippen molar-refractivity contribution in [2.75, 3.05) is 0 Å². The lowest BCUT2D eigenvalue weighted by Gasteiger charge is -2.11. The Hall–Kier alpha value is -2.86. The third kappa shape index (κ3) is 1.85. The highest BCUT2D eigenvalue weighted by molar-refractivity contribution is 6.10. The Morgan fingerprint density at radius 2 is 0.783 bits per heavy atom. The minimum Gasteiger partial charge on any atom is -0.0616 e. The van der Waals surface area contributed by atoms with Gasteiger partial charge in [0.25, 0.3) is 0 Å². The van der Waals surface area contributed by atoms with Crippen molar-refractivity contribution in [3.63, 3.8) is 0 Å². The molecule has 0 nitrogen and oxygen atoms in total. The van der Waals surface area contributed by atoms with Crippen LogP contribution in [0, 0.1) is 6.92 Å². The minimum atomic E-state index is 1.31. The highest BCUT2D eigenvalue weighted by Gasteiger charge is 2.07. The first-order valence-electron chi connectivity index (χ1n) is 8.04. The van der Waals surface area contributed by atoms with E-state index in [0.29, 0.717) is 0 Å². The van der Waals surface area contributed by atoms with Crippen LogP contribution in [0.4, 0.5) is 0 Å². The van der Waals surface area contributed by atoms with Crippen molar-refractivity contribution in [1.82, 2.24) is 0 Å². The van der Waals surface area contributed by atoms with Gasteiger partial charge in [0.05, 0.1) is 0 Å². The van der Waals surface area contributed by atoms with Crippen LogP contribution < -0.4 is 0 Å². The van der Waals surface area contributed by atoms with Gasteiger partial charge in [0, 0.05) is 0 Å². The van der Waals surface area contributed by atoms with Crippen LogP contribution in [0.25, 0.3) is 43.1 Å². The Labute approximate surface area is 135 Å².